The van der Waals surface area contributed by atoms with Crippen molar-refractivity contribution in [3.05, 3.63) is 47.7 Å². The second-order valence-corrected chi connectivity index (χ2v) is 6.34. The van der Waals surface area contributed by atoms with E-state index in [0.717, 1.165) is 6.42 Å². The van der Waals surface area contributed by atoms with Crippen LogP contribution in [-0.4, -0.2) is 20.0 Å². The van der Waals surface area contributed by atoms with Crippen molar-refractivity contribution in [2.45, 2.75) is 18.2 Å². The van der Waals surface area contributed by atoms with Crippen LogP contribution in [0.3, 0.4) is 0 Å². The number of para-hydroxylation sites is 2. The molecular formula is C14H15ClN2O3S. The van der Waals surface area contributed by atoms with Crippen molar-refractivity contribution in [1.29, 1.82) is 0 Å². The highest BCUT2D eigenvalue weighted by atomic mass is 35.5. The third-order valence-electron chi connectivity index (χ3n) is 2.60. The Balaban J connectivity index is 2.26. The predicted molar refractivity (Wildman–Crippen MR) is 82.3 cm³/mol. The summed E-state index contributed by atoms with van der Waals surface area (Å²) in [5.41, 5.74) is 0.390. The van der Waals surface area contributed by atoms with Gasteiger partial charge in [0.1, 0.15) is 15.8 Å². The van der Waals surface area contributed by atoms with Crippen molar-refractivity contribution in [3.63, 3.8) is 0 Å². The molecule has 0 aliphatic rings. The molecule has 0 radical (unpaired) electrons. The van der Waals surface area contributed by atoms with E-state index in [1.165, 1.54) is 18.3 Å². The molecular weight excluding hydrogens is 312 g/mol. The summed E-state index contributed by atoms with van der Waals surface area (Å²) < 4.78 is 32.6. The van der Waals surface area contributed by atoms with E-state index in [0.29, 0.717) is 18.0 Å². The maximum absolute atomic E-state index is 12.3. The number of anilines is 1. The molecule has 1 aromatic carbocycles. The molecule has 112 valence electrons. The van der Waals surface area contributed by atoms with Gasteiger partial charge in [0.2, 0.25) is 0 Å². The van der Waals surface area contributed by atoms with Crippen LogP contribution in [0, 0.1) is 0 Å². The summed E-state index contributed by atoms with van der Waals surface area (Å²) in [6, 6.07) is 9.70. The number of ether oxygens (including phenoxy) is 1. The average molecular weight is 327 g/mol. The number of rotatable bonds is 6. The van der Waals surface area contributed by atoms with Gasteiger partial charge in [-0.2, -0.15) is 0 Å². The van der Waals surface area contributed by atoms with Crippen molar-refractivity contribution < 1.29 is 13.2 Å². The molecule has 2 rings (SSSR count). The Hall–Kier alpha value is -1.79. The van der Waals surface area contributed by atoms with E-state index in [2.05, 4.69) is 9.71 Å². The Bertz CT molecular complexity index is 702. The van der Waals surface area contributed by atoms with Crippen LogP contribution >= 0.6 is 11.6 Å². The molecule has 0 fully saturated rings. The quantitative estimate of drug-likeness (QED) is 0.827. The number of halogens is 1. The van der Waals surface area contributed by atoms with Crippen LogP contribution in [0.4, 0.5) is 5.69 Å². The molecule has 0 bridgehead atoms. The molecule has 1 aromatic heterocycles. The maximum atomic E-state index is 12.3. The van der Waals surface area contributed by atoms with Crippen LogP contribution in [0.15, 0.2) is 47.5 Å². The molecule has 0 atom stereocenters. The molecule has 0 aliphatic carbocycles. The minimum absolute atomic E-state index is 0.0391. The summed E-state index contributed by atoms with van der Waals surface area (Å²) in [6.07, 6.45) is 2.04. The molecule has 2 aromatic rings. The van der Waals surface area contributed by atoms with Crippen molar-refractivity contribution in [3.8, 4) is 5.75 Å². The van der Waals surface area contributed by atoms with Crippen LogP contribution in [0.2, 0.25) is 5.15 Å². The molecule has 21 heavy (non-hydrogen) atoms. The van der Waals surface area contributed by atoms with Gasteiger partial charge >= 0.3 is 0 Å². The molecule has 0 saturated carbocycles. The van der Waals surface area contributed by atoms with E-state index in [9.17, 15) is 8.42 Å². The van der Waals surface area contributed by atoms with Crippen molar-refractivity contribution in [2.24, 2.45) is 0 Å². The second-order valence-electron chi connectivity index (χ2n) is 4.27. The second kappa shape index (κ2) is 6.78. The molecule has 0 amide bonds. The Labute approximate surface area is 129 Å². The first-order valence-electron chi connectivity index (χ1n) is 6.39. The third kappa shape index (κ3) is 4.09. The van der Waals surface area contributed by atoms with Gasteiger partial charge in [0, 0.05) is 6.20 Å². The van der Waals surface area contributed by atoms with E-state index >= 15 is 0 Å². The monoisotopic (exact) mass is 326 g/mol. The first-order chi connectivity index (χ1) is 10.0. The molecule has 7 heteroatoms. The highest BCUT2D eigenvalue weighted by molar-refractivity contribution is 7.92. The van der Waals surface area contributed by atoms with Crippen LogP contribution in [0.1, 0.15) is 13.3 Å². The predicted octanol–water partition coefficient (Wildman–Crippen LogP) is 3.32. The summed E-state index contributed by atoms with van der Waals surface area (Å²) >= 11 is 5.66. The van der Waals surface area contributed by atoms with E-state index in [-0.39, 0.29) is 10.0 Å². The summed E-state index contributed by atoms with van der Waals surface area (Å²) in [5.74, 6) is 0.491. The van der Waals surface area contributed by atoms with Crippen molar-refractivity contribution in [1.82, 2.24) is 4.98 Å². The fraction of sp³-hybridized carbons (Fsp3) is 0.214. The van der Waals surface area contributed by atoms with Gasteiger partial charge in [-0.1, -0.05) is 30.7 Å². The van der Waals surface area contributed by atoms with E-state index in [4.69, 9.17) is 16.3 Å². The first-order valence-corrected chi connectivity index (χ1v) is 8.25. The smallest absolute Gasteiger partial charge is 0.263 e. The van der Waals surface area contributed by atoms with Crippen molar-refractivity contribution in [2.75, 3.05) is 11.3 Å². The maximum Gasteiger partial charge on any atom is 0.263 e. The summed E-state index contributed by atoms with van der Waals surface area (Å²) in [7, 11) is -3.73. The van der Waals surface area contributed by atoms with Crippen molar-refractivity contribution >= 4 is 27.3 Å². The third-order valence-corrected chi connectivity index (χ3v) is 4.18. The number of sulfonamides is 1. The Kier molecular flexibility index (Phi) is 5.03. The van der Waals surface area contributed by atoms with Gasteiger partial charge in [-0.15, -0.1) is 0 Å². The van der Waals surface area contributed by atoms with Gasteiger partial charge in [-0.05, 0) is 30.7 Å². The molecule has 5 nitrogen and oxygen atoms in total. The van der Waals surface area contributed by atoms with Gasteiger partial charge < -0.3 is 4.74 Å². The van der Waals surface area contributed by atoms with Gasteiger partial charge in [0.15, 0.2) is 0 Å². The Morgan fingerprint density at radius 1 is 1.24 bits per heavy atom. The lowest BCUT2D eigenvalue weighted by Gasteiger charge is -2.13. The van der Waals surface area contributed by atoms with Gasteiger partial charge in [0.05, 0.1) is 12.3 Å². The fourth-order valence-corrected chi connectivity index (χ4v) is 2.74. The largest absolute Gasteiger partial charge is 0.491 e. The van der Waals surface area contributed by atoms with Gasteiger partial charge in [-0.25, -0.2) is 13.4 Å². The van der Waals surface area contributed by atoms with Crippen LogP contribution in [0.25, 0.3) is 0 Å². The minimum atomic E-state index is -3.73. The van der Waals surface area contributed by atoms with Crippen LogP contribution in [0.5, 0.6) is 5.75 Å². The lowest BCUT2D eigenvalue weighted by molar-refractivity contribution is 0.319. The topological polar surface area (TPSA) is 68.3 Å². The summed E-state index contributed by atoms with van der Waals surface area (Å²) in [6.45, 7) is 2.49. The molecule has 1 N–H and O–H groups in total. The van der Waals surface area contributed by atoms with Crippen LogP contribution in [-0.2, 0) is 10.0 Å². The van der Waals surface area contributed by atoms with Gasteiger partial charge in [0.25, 0.3) is 10.0 Å². The molecule has 0 saturated heterocycles. The first kappa shape index (κ1) is 15.6. The average Bonchev–Trinajstić information content (AvgIpc) is 2.46. The Morgan fingerprint density at radius 2 is 2.00 bits per heavy atom. The Morgan fingerprint density at radius 3 is 2.67 bits per heavy atom. The summed E-state index contributed by atoms with van der Waals surface area (Å²) in [4.78, 5) is 3.81. The number of hydrogen-bond acceptors (Lipinski definition) is 4. The molecule has 0 unspecified atom stereocenters. The molecule has 1 heterocycles. The van der Waals surface area contributed by atoms with E-state index in [1.807, 2.05) is 6.92 Å². The number of aromatic nitrogens is 1. The lowest BCUT2D eigenvalue weighted by Crippen LogP contribution is -2.14. The zero-order valence-corrected chi connectivity index (χ0v) is 13.0. The standard InChI is InChI=1S/C14H15ClN2O3S/c1-2-9-20-13-6-4-3-5-12(13)17-21(18,19)11-7-8-14(15)16-10-11/h3-8,10,17H,2,9H2,1H3. The summed E-state index contributed by atoms with van der Waals surface area (Å²) in [5, 5.41) is 0.237. The highest BCUT2D eigenvalue weighted by Gasteiger charge is 2.16. The van der Waals surface area contributed by atoms with Gasteiger partial charge in [-0.3, -0.25) is 4.72 Å². The lowest BCUT2D eigenvalue weighted by atomic mass is 10.3. The van der Waals surface area contributed by atoms with E-state index in [1.54, 1.807) is 24.3 Å². The van der Waals surface area contributed by atoms with Crippen LogP contribution < -0.4 is 9.46 Å². The highest BCUT2D eigenvalue weighted by Crippen LogP contribution is 2.26. The number of hydrogen-bond donors (Lipinski definition) is 1. The number of pyridine rings is 1. The zero-order chi connectivity index (χ0) is 15.3. The number of nitrogens with zero attached hydrogens (tertiary/aromatic N) is 1. The SMILES string of the molecule is CCCOc1ccccc1NS(=O)(=O)c1ccc(Cl)nc1. The zero-order valence-electron chi connectivity index (χ0n) is 11.4. The number of nitrogens with one attached hydrogen (secondary N) is 1. The fourth-order valence-electron chi connectivity index (χ4n) is 1.61. The normalized spacial score (nSPS) is 11.1. The molecule has 0 spiro atoms. The van der Waals surface area contributed by atoms with E-state index < -0.39 is 10.0 Å². The number of benzene rings is 1. The molecule has 0 aliphatic heterocycles. The minimum Gasteiger partial charge on any atom is -0.491 e.